The lowest BCUT2D eigenvalue weighted by atomic mass is 10.1. The van der Waals surface area contributed by atoms with Gasteiger partial charge >= 0.3 is 23.1 Å². The van der Waals surface area contributed by atoms with E-state index in [0.717, 1.165) is 21.8 Å². The van der Waals surface area contributed by atoms with Gasteiger partial charge in [-0.2, -0.15) is 0 Å². The largest absolute Gasteiger partial charge is 0.316 e. The summed E-state index contributed by atoms with van der Waals surface area (Å²) in [5, 5.41) is 2.28. The highest BCUT2D eigenvalue weighted by atomic mass is 24.3. The van der Waals surface area contributed by atoms with E-state index in [-0.39, 0.29) is 23.1 Å². The van der Waals surface area contributed by atoms with Gasteiger partial charge in [0.25, 0.3) is 0 Å². The third-order valence-corrected chi connectivity index (χ3v) is 2.34. The molecule has 0 N–H and O–H groups in total. The van der Waals surface area contributed by atoms with Crippen LogP contribution in [-0.4, -0.2) is 33.0 Å². The van der Waals surface area contributed by atoms with Crippen molar-refractivity contribution in [2.75, 3.05) is 0 Å². The lowest BCUT2D eigenvalue weighted by Crippen LogP contribution is -1.83. The maximum atomic E-state index is 4.35. The first-order valence-corrected chi connectivity index (χ1v) is 4.53. The first-order chi connectivity index (χ1) is 6.95. The molecule has 3 heteroatoms. The molecular formula is C12H10MgN2. The van der Waals surface area contributed by atoms with Crippen LogP contribution >= 0.6 is 0 Å². The number of rotatable bonds is 0. The summed E-state index contributed by atoms with van der Waals surface area (Å²) in [4.78, 5) is 8.69. The minimum Gasteiger partial charge on any atom is -0.254 e. The smallest absolute Gasteiger partial charge is 0.254 e. The Hall–Kier alpha value is -1.19. The van der Waals surface area contributed by atoms with Crippen molar-refractivity contribution in [3.8, 4) is 0 Å². The van der Waals surface area contributed by atoms with Crippen LogP contribution in [0.25, 0.3) is 21.8 Å². The van der Waals surface area contributed by atoms with Gasteiger partial charge in [-0.15, -0.1) is 0 Å². The van der Waals surface area contributed by atoms with E-state index < -0.39 is 0 Å². The maximum absolute atomic E-state index is 4.35. The van der Waals surface area contributed by atoms with Crippen LogP contribution in [0.4, 0.5) is 0 Å². The van der Waals surface area contributed by atoms with Crippen LogP contribution in [0.5, 0.6) is 0 Å². The summed E-state index contributed by atoms with van der Waals surface area (Å²) < 4.78 is 0. The maximum Gasteiger partial charge on any atom is 0.316 e. The molecule has 0 fully saturated rings. The second-order valence-electron chi connectivity index (χ2n) is 3.22. The van der Waals surface area contributed by atoms with Crippen molar-refractivity contribution in [3.05, 3.63) is 48.8 Å². The molecule has 1 aromatic carbocycles. The zero-order valence-corrected chi connectivity index (χ0v) is 7.51. The molecule has 0 saturated carbocycles. The zero-order chi connectivity index (χ0) is 9.38. The average Bonchev–Trinajstić information content (AvgIpc) is 2.29. The molecule has 0 bridgehead atoms. The first-order valence-electron chi connectivity index (χ1n) is 4.53. The van der Waals surface area contributed by atoms with Gasteiger partial charge in [0.05, 0.1) is 11.0 Å². The molecule has 2 aromatic heterocycles. The van der Waals surface area contributed by atoms with E-state index in [1.807, 2.05) is 12.1 Å². The fraction of sp³-hybridized carbons (Fsp3) is 0. The standard InChI is InChI=1S/C12H8N2.Mg.2H/c1-3-9-5-6-10-4-2-8-14-12(10)11(9)13-7-1;;;/h1-8H;;;. The van der Waals surface area contributed by atoms with E-state index in [1.54, 1.807) is 12.4 Å². The molecule has 3 rings (SSSR count). The lowest BCUT2D eigenvalue weighted by Gasteiger charge is -2.00. The molecule has 0 amide bonds. The van der Waals surface area contributed by atoms with Gasteiger partial charge in [-0.1, -0.05) is 24.3 Å². The number of fused-ring (bicyclic) bond motifs is 3. The zero-order valence-electron chi connectivity index (χ0n) is 7.51. The number of nitrogens with zero attached hydrogens (tertiary/aromatic N) is 2. The molecule has 0 aliphatic heterocycles. The Bertz CT molecular complexity index is 553. The highest BCUT2D eigenvalue weighted by Gasteiger charge is 2.00. The third kappa shape index (κ3) is 1.68. The minimum absolute atomic E-state index is 0. The monoisotopic (exact) mass is 206 g/mol. The van der Waals surface area contributed by atoms with Crippen LogP contribution in [0.3, 0.4) is 0 Å². The number of hydrogen-bond donors (Lipinski definition) is 0. The summed E-state index contributed by atoms with van der Waals surface area (Å²) in [5.74, 6) is 0. The number of aromatic nitrogens is 2. The van der Waals surface area contributed by atoms with Crippen molar-refractivity contribution in [1.82, 2.24) is 9.97 Å². The Kier molecular flexibility index (Phi) is 2.84. The quantitative estimate of drug-likeness (QED) is 0.415. The van der Waals surface area contributed by atoms with Crippen molar-refractivity contribution >= 4 is 44.9 Å². The fourth-order valence-electron chi connectivity index (χ4n) is 1.68. The van der Waals surface area contributed by atoms with Crippen molar-refractivity contribution in [1.29, 1.82) is 0 Å². The second-order valence-corrected chi connectivity index (χ2v) is 3.22. The van der Waals surface area contributed by atoms with Crippen LogP contribution in [-0.2, 0) is 0 Å². The van der Waals surface area contributed by atoms with Crippen LogP contribution in [0.1, 0.15) is 0 Å². The van der Waals surface area contributed by atoms with Crippen LogP contribution < -0.4 is 0 Å². The van der Waals surface area contributed by atoms with Crippen molar-refractivity contribution in [2.45, 2.75) is 0 Å². The van der Waals surface area contributed by atoms with E-state index >= 15 is 0 Å². The lowest BCUT2D eigenvalue weighted by molar-refractivity contribution is 1.37. The molecule has 0 spiro atoms. The highest BCUT2D eigenvalue weighted by Crippen LogP contribution is 2.20. The Balaban J connectivity index is 0.000000853. The second kappa shape index (κ2) is 4.12. The van der Waals surface area contributed by atoms with E-state index in [0.29, 0.717) is 0 Å². The Morgan fingerprint density at radius 3 is 1.60 bits per heavy atom. The number of hydrogen-bond acceptors (Lipinski definition) is 2. The molecule has 3 aromatic rings. The van der Waals surface area contributed by atoms with Crippen molar-refractivity contribution in [2.24, 2.45) is 0 Å². The summed E-state index contributed by atoms with van der Waals surface area (Å²) in [6.45, 7) is 0. The molecule has 2 nitrogen and oxygen atoms in total. The highest BCUT2D eigenvalue weighted by molar-refractivity contribution is 6.02. The fourth-order valence-corrected chi connectivity index (χ4v) is 1.68. The van der Waals surface area contributed by atoms with Gasteiger partial charge in [0.1, 0.15) is 0 Å². The van der Waals surface area contributed by atoms with E-state index in [9.17, 15) is 0 Å². The summed E-state index contributed by atoms with van der Waals surface area (Å²) in [5.41, 5.74) is 1.95. The Morgan fingerprint density at radius 1 is 0.667 bits per heavy atom. The molecule has 0 unspecified atom stereocenters. The SMILES string of the molecule is [MgH2].c1cnc2c(c1)ccc1cccnc12. The van der Waals surface area contributed by atoms with Crippen LogP contribution in [0.15, 0.2) is 48.8 Å². The van der Waals surface area contributed by atoms with Gasteiger partial charge in [-0.25, -0.2) is 0 Å². The molecule has 0 radical (unpaired) electrons. The topological polar surface area (TPSA) is 25.8 Å². The summed E-state index contributed by atoms with van der Waals surface area (Å²) in [6.07, 6.45) is 3.60. The van der Waals surface area contributed by atoms with Gasteiger partial charge < -0.3 is 0 Å². The molecule has 0 aliphatic carbocycles. The van der Waals surface area contributed by atoms with Gasteiger partial charge in [-0.3, -0.25) is 9.97 Å². The van der Waals surface area contributed by atoms with Crippen molar-refractivity contribution < 1.29 is 0 Å². The first kappa shape index (κ1) is 10.3. The Labute approximate surface area is 104 Å². The predicted molar refractivity (Wildman–Crippen MR) is 65.6 cm³/mol. The van der Waals surface area contributed by atoms with Crippen LogP contribution in [0.2, 0.25) is 0 Å². The van der Waals surface area contributed by atoms with Crippen molar-refractivity contribution in [3.63, 3.8) is 0 Å². The normalized spacial score (nSPS) is 10.1. The predicted octanol–water partition coefficient (Wildman–Crippen LogP) is 1.87. The number of benzene rings is 1. The minimum atomic E-state index is 0. The molecule has 0 saturated heterocycles. The molecule has 2 heterocycles. The van der Waals surface area contributed by atoms with E-state index in [1.165, 1.54) is 0 Å². The molecular weight excluding hydrogens is 196 g/mol. The molecule has 70 valence electrons. The molecule has 0 aliphatic rings. The summed E-state index contributed by atoms with van der Waals surface area (Å²) >= 11 is 0. The van der Waals surface area contributed by atoms with Gasteiger partial charge in [0, 0.05) is 23.2 Å². The molecule has 0 atom stereocenters. The van der Waals surface area contributed by atoms with Crippen LogP contribution in [0, 0.1) is 0 Å². The Morgan fingerprint density at radius 2 is 1.13 bits per heavy atom. The average molecular weight is 207 g/mol. The number of pyridine rings is 2. The van der Waals surface area contributed by atoms with E-state index in [4.69, 9.17) is 0 Å². The summed E-state index contributed by atoms with van der Waals surface area (Å²) in [6, 6.07) is 12.1. The van der Waals surface area contributed by atoms with E-state index in [2.05, 4.69) is 34.2 Å². The van der Waals surface area contributed by atoms with Gasteiger partial charge in [-0.05, 0) is 12.1 Å². The third-order valence-electron chi connectivity index (χ3n) is 2.34. The summed E-state index contributed by atoms with van der Waals surface area (Å²) in [7, 11) is 0. The molecule has 15 heavy (non-hydrogen) atoms. The van der Waals surface area contributed by atoms with Gasteiger partial charge in [0.2, 0.25) is 0 Å². The van der Waals surface area contributed by atoms with Gasteiger partial charge in [0.15, 0.2) is 0 Å².